The maximum atomic E-state index is 11.7. The first-order valence-electron chi connectivity index (χ1n) is 4.42. The first-order valence-corrected chi connectivity index (χ1v) is 4.42. The van der Waals surface area contributed by atoms with E-state index in [9.17, 15) is 4.79 Å². The molecular formula is C11H13N2O2. The van der Waals surface area contributed by atoms with E-state index >= 15 is 0 Å². The molecule has 0 bridgehead atoms. The van der Waals surface area contributed by atoms with E-state index in [0.29, 0.717) is 5.56 Å². The minimum absolute atomic E-state index is 0.232. The number of carbonyl (C=O) groups is 1. The van der Waals surface area contributed by atoms with Gasteiger partial charge in [0.05, 0.1) is 12.7 Å². The summed E-state index contributed by atoms with van der Waals surface area (Å²) in [7, 11) is 2.98. The van der Waals surface area contributed by atoms with E-state index in [-0.39, 0.29) is 5.91 Å². The zero-order valence-corrected chi connectivity index (χ0v) is 8.80. The van der Waals surface area contributed by atoms with Gasteiger partial charge in [-0.1, -0.05) is 12.2 Å². The van der Waals surface area contributed by atoms with Crippen LogP contribution in [0.25, 0.3) is 6.08 Å². The smallest absolute Gasteiger partial charge is 0.274 e. The predicted molar refractivity (Wildman–Crippen MR) is 57.7 cm³/mol. The molecule has 0 aliphatic heterocycles. The van der Waals surface area contributed by atoms with Crippen LogP contribution in [0.2, 0.25) is 0 Å². The van der Waals surface area contributed by atoms with Crippen LogP contribution in [0.15, 0.2) is 24.5 Å². The normalized spacial score (nSPS) is 10.6. The second-order valence-electron chi connectivity index (χ2n) is 2.89. The van der Waals surface area contributed by atoms with Gasteiger partial charge in [0.25, 0.3) is 5.91 Å². The zero-order valence-electron chi connectivity index (χ0n) is 8.80. The van der Waals surface area contributed by atoms with Crippen LogP contribution in [0, 0.1) is 6.92 Å². The molecule has 0 aromatic carbocycles. The van der Waals surface area contributed by atoms with E-state index < -0.39 is 0 Å². The summed E-state index contributed by atoms with van der Waals surface area (Å²) in [6, 6.07) is 1.73. The Morgan fingerprint density at radius 1 is 1.60 bits per heavy atom. The third kappa shape index (κ3) is 2.89. The van der Waals surface area contributed by atoms with Crippen molar-refractivity contribution in [1.82, 2.24) is 10.0 Å². The van der Waals surface area contributed by atoms with Gasteiger partial charge in [0.1, 0.15) is 0 Å². The summed E-state index contributed by atoms with van der Waals surface area (Å²) in [4.78, 5) is 20.4. The zero-order chi connectivity index (χ0) is 11.3. The monoisotopic (exact) mass is 205 g/mol. The van der Waals surface area contributed by atoms with Gasteiger partial charge in [-0.15, -0.1) is 0 Å². The van der Waals surface area contributed by atoms with Crippen LogP contribution in [0.1, 0.15) is 15.9 Å². The molecule has 1 aromatic heterocycles. The third-order valence-corrected chi connectivity index (χ3v) is 1.88. The highest BCUT2D eigenvalue weighted by molar-refractivity contribution is 5.93. The van der Waals surface area contributed by atoms with Gasteiger partial charge in [-0.05, 0) is 18.6 Å². The molecule has 1 amide bonds. The van der Waals surface area contributed by atoms with Gasteiger partial charge in [0.15, 0.2) is 0 Å². The van der Waals surface area contributed by atoms with Crippen LogP contribution in [-0.2, 0) is 4.84 Å². The van der Waals surface area contributed by atoms with E-state index in [1.165, 1.54) is 13.3 Å². The number of nitrogens with zero attached hydrogens (tertiary/aromatic N) is 2. The van der Waals surface area contributed by atoms with Crippen LogP contribution < -0.4 is 0 Å². The first-order chi connectivity index (χ1) is 7.19. The highest BCUT2D eigenvalue weighted by Gasteiger charge is 2.11. The molecule has 0 aliphatic rings. The van der Waals surface area contributed by atoms with Crippen molar-refractivity contribution in [3.63, 3.8) is 0 Å². The fraction of sp³-hybridized carbons (Fsp3) is 0.182. The Bertz CT molecular complexity index is 375. The van der Waals surface area contributed by atoms with Gasteiger partial charge in [-0.25, -0.2) is 5.06 Å². The highest BCUT2D eigenvalue weighted by Crippen LogP contribution is 2.07. The Kier molecular flexibility index (Phi) is 4.00. The second kappa shape index (κ2) is 5.26. The molecule has 0 aliphatic carbocycles. The summed E-state index contributed by atoms with van der Waals surface area (Å²) in [5, 5.41) is 1.15. The molecule has 15 heavy (non-hydrogen) atoms. The van der Waals surface area contributed by atoms with E-state index in [1.54, 1.807) is 31.5 Å². The topological polar surface area (TPSA) is 42.4 Å². The minimum atomic E-state index is -0.232. The van der Waals surface area contributed by atoms with Crippen molar-refractivity contribution in [1.29, 1.82) is 0 Å². The van der Waals surface area contributed by atoms with E-state index in [2.05, 4.69) is 11.9 Å². The van der Waals surface area contributed by atoms with Crippen molar-refractivity contribution >= 4 is 12.0 Å². The molecule has 1 heterocycles. The fourth-order valence-electron chi connectivity index (χ4n) is 1.07. The Morgan fingerprint density at radius 2 is 2.33 bits per heavy atom. The number of allylic oxidation sites excluding steroid dienone is 1. The average Bonchev–Trinajstić information content (AvgIpc) is 2.28. The molecule has 4 heteroatoms. The summed E-state index contributed by atoms with van der Waals surface area (Å²) >= 11 is 0. The van der Waals surface area contributed by atoms with Gasteiger partial charge >= 0.3 is 0 Å². The molecule has 1 rings (SSSR count). The lowest BCUT2D eigenvalue weighted by Crippen LogP contribution is -2.25. The summed E-state index contributed by atoms with van der Waals surface area (Å²) < 4.78 is 0. The Labute approximate surface area is 89.1 Å². The summed E-state index contributed by atoms with van der Waals surface area (Å²) in [6.07, 6.45) is 6.57. The number of aromatic nitrogens is 1. The number of hydroxylamine groups is 2. The first kappa shape index (κ1) is 11.4. The number of carbonyl (C=O) groups excluding carboxylic acids is 1. The lowest BCUT2D eigenvalue weighted by Gasteiger charge is -2.13. The van der Waals surface area contributed by atoms with Gasteiger partial charge in [0.2, 0.25) is 0 Å². The van der Waals surface area contributed by atoms with Crippen molar-refractivity contribution in [2.75, 3.05) is 14.2 Å². The molecule has 0 N–H and O–H groups in total. The largest absolute Gasteiger partial charge is 0.278 e. The molecule has 0 saturated heterocycles. The molecular weight excluding hydrogens is 192 g/mol. The second-order valence-corrected chi connectivity index (χ2v) is 2.89. The van der Waals surface area contributed by atoms with Crippen molar-refractivity contribution < 1.29 is 9.63 Å². The molecule has 4 nitrogen and oxygen atoms in total. The van der Waals surface area contributed by atoms with Crippen LogP contribution in [0.3, 0.4) is 0 Å². The van der Waals surface area contributed by atoms with E-state index in [0.717, 1.165) is 10.6 Å². The highest BCUT2D eigenvalue weighted by atomic mass is 16.7. The Morgan fingerprint density at radius 3 is 2.93 bits per heavy atom. The average molecular weight is 205 g/mol. The lowest BCUT2D eigenvalue weighted by atomic mass is 10.2. The molecule has 0 unspecified atom stereocenters. The van der Waals surface area contributed by atoms with Gasteiger partial charge in [-0.3, -0.25) is 14.6 Å². The summed E-state index contributed by atoms with van der Waals surface area (Å²) in [5.41, 5.74) is 1.32. The Hall–Kier alpha value is -1.68. The standard InChI is InChI=1S/C11H13N2O2/c1-4-5-9-6-10(8-12-7-9)11(14)13(2)15-3/h4-8H,1H2,2-3H3/b5-4+. The lowest BCUT2D eigenvalue weighted by molar-refractivity contribution is -0.0757. The van der Waals surface area contributed by atoms with Crippen LogP contribution in [0.4, 0.5) is 0 Å². The number of pyridine rings is 1. The van der Waals surface area contributed by atoms with Crippen LogP contribution in [-0.4, -0.2) is 30.1 Å². The molecule has 0 spiro atoms. The maximum absolute atomic E-state index is 11.7. The molecule has 1 radical (unpaired) electrons. The van der Waals surface area contributed by atoms with Gasteiger partial charge in [0, 0.05) is 19.4 Å². The van der Waals surface area contributed by atoms with Crippen molar-refractivity contribution in [2.45, 2.75) is 0 Å². The van der Waals surface area contributed by atoms with E-state index in [4.69, 9.17) is 4.84 Å². The number of hydrogen-bond acceptors (Lipinski definition) is 3. The number of rotatable bonds is 3. The van der Waals surface area contributed by atoms with Crippen molar-refractivity contribution in [2.24, 2.45) is 0 Å². The summed E-state index contributed by atoms with van der Waals surface area (Å²) in [5.74, 6) is -0.232. The number of hydrogen-bond donors (Lipinski definition) is 0. The fourth-order valence-corrected chi connectivity index (χ4v) is 1.07. The van der Waals surface area contributed by atoms with Crippen LogP contribution in [0.5, 0.6) is 0 Å². The maximum Gasteiger partial charge on any atom is 0.278 e. The Balaban J connectivity index is 2.95. The van der Waals surface area contributed by atoms with Gasteiger partial charge in [-0.2, -0.15) is 0 Å². The van der Waals surface area contributed by atoms with Gasteiger partial charge < -0.3 is 0 Å². The molecule has 1 aromatic rings. The molecule has 79 valence electrons. The summed E-state index contributed by atoms with van der Waals surface area (Å²) in [6.45, 7) is 3.58. The minimum Gasteiger partial charge on any atom is -0.274 e. The van der Waals surface area contributed by atoms with Crippen molar-refractivity contribution in [3.8, 4) is 0 Å². The SMILES string of the molecule is [CH2]/C=C/c1cncc(C(=O)N(C)OC)c1. The molecule has 0 fully saturated rings. The third-order valence-electron chi connectivity index (χ3n) is 1.88. The van der Waals surface area contributed by atoms with Crippen molar-refractivity contribution in [3.05, 3.63) is 42.6 Å². The van der Waals surface area contributed by atoms with Crippen LogP contribution >= 0.6 is 0 Å². The molecule has 0 atom stereocenters. The van der Waals surface area contributed by atoms with E-state index in [1.807, 2.05) is 0 Å². The predicted octanol–water partition coefficient (Wildman–Crippen LogP) is 1.56. The molecule has 0 saturated carbocycles. The number of amides is 1. The quantitative estimate of drug-likeness (QED) is 0.703.